The van der Waals surface area contributed by atoms with Crippen molar-refractivity contribution in [1.82, 2.24) is 0 Å². The molecule has 1 N–H and O–H groups in total. The number of ketones is 1. The molecule has 0 spiro atoms. The highest BCUT2D eigenvalue weighted by Gasteiger charge is 2.18. The van der Waals surface area contributed by atoms with Gasteiger partial charge in [-0.25, -0.2) is 9.18 Å². The van der Waals surface area contributed by atoms with Crippen LogP contribution >= 0.6 is 15.9 Å². The van der Waals surface area contributed by atoms with Gasteiger partial charge in [0.15, 0.2) is 5.78 Å². The van der Waals surface area contributed by atoms with E-state index in [2.05, 4.69) is 21.2 Å². The lowest BCUT2D eigenvalue weighted by atomic mass is 10.1. The first-order valence-corrected chi connectivity index (χ1v) is 6.39. The Morgan fingerprint density at radius 3 is 2.37 bits per heavy atom. The summed E-state index contributed by atoms with van der Waals surface area (Å²) in [7, 11) is 0. The predicted octanol–water partition coefficient (Wildman–Crippen LogP) is 4.14. The Bertz CT molecular complexity index is 523. The van der Waals surface area contributed by atoms with E-state index in [0.29, 0.717) is 4.47 Å². The molecule has 1 amide bonds. The molecule has 0 radical (unpaired) electrons. The van der Waals surface area contributed by atoms with Crippen LogP contribution in [0.5, 0.6) is 0 Å². The molecule has 0 heterocycles. The third-order valence-corrected chi connectivity index (χ3v) is 2.73. The predicted molar refractivity (Wildman–Crippen MR) is 74.0 cm³/mol. The minimum Gasteiger partial charge on any atom is -0.444 e. The lowest BCUT2D eigenvalue weighted by Crippen LogP contribution is -2.27. The van der Waals surface area contributed by atoms with Gasteiger partial charge in [-0.3, -0.25) is 10.1 Å². The second-order valence-corrected chi connectivity index (χ2v) is 5.85. The molecular weight excluding hydrogens is 317 g/mol. The summed E-state index contributed by atoms with van der Waals surface area (Å²) < 4.78 is 19.2. The van der Waals surface area contributed by atoms with Crippen LogP contribution in [0.1, 0.15) is 38.1 Å². The van der Waals surface area contributed by atoms with Gasteiger partial charge in [-0.05, 0) is 55.8 Å². The molecule has 1 rings (SSSR count). The number of carbonyl (C=O) groups is 2. The van der Waals surface area contributed by atoms with Crippen LogP contribution in [0.4, 0.5) is 14.9 Å². The van der Waals surface area contributed by atoms with Gasteiger partial charge in [-0.15, -0.1) is 0 Å². The monoisotopic (exact) mass is 331 g/mol. The summed E-state index contributed by atoms with van der Waals surface area (Å²) in [4.78, 5) is 22.8. The van der Waals surface area contributed by atoms with E-state index in [1.165, 1.54) is 13.0 Å². The van der Waals surface area contributed by atoms with Crippen molar-refractivity contribution in [2.24, 2.45) is 0 Å². The van der Waals surface area contributed by atoms with Crippen LogP contribution in [-0.4, -0.2) is 17.5 Å². The number of halogens is 2. The van der Waals surface area contributed by atoms with Gasteiger partial charge in [-0.1, -0.05) is 0 Å². The molecule has 0 saturated carbocycles. The van der Waals surface area contributed by atoms with Crippen molar-refractivity contribution in [3.05, 3.63) is 28.0 Å². The Kier molecular flexibility index (Phi) is 4.68. The zero-order valence-corrected chi connectivity index (χ0v) is 12.7. The molecule has 0 saturated heterocycles. The van der Waals surface area contributed by atoms with E-state index in [9.17, 15) is 14.0 Å². The fourth-order valence-electron chi connectivity index (χ4n) is 1.33. The average molecular weight is 332 g/mol. The standard InChI is InChI=1S/C13H15BrFNO3/c1-7(17)8-5-10(15)11(6-9(8)14)16-12(18)19-13(2,3)4/h5-6H,1-4H3,(H,16,18). The quantitative estimate of drug-likeness (QED) is 0.828. The average Bonchev–Trinajstić information content (AvgIpc) is 2.19. The zero-order valence-electron chi connectivity index (χ0n) is 11.1. The fraction of sp³-hybridized carbons (Fsp3) is 0.385. The highest BCUT2D eigenvalue weighted by molar-refractivity contribution is 9.10. The smallest absolute Gasteiger partial charge is 0.412 e. The number of carbonyl (C=O) groups excluding carboxylic acids is 2. The summed E-state index contributed by atoms with van der Waals surface area (Å²) in [5.74, 6) is -0.964. The first-order chi connectivity index (χ1) is 8.60. The first-order valence-electron chi connectivity index (χ1n) is 5.60. The normalized spacial score (nSPS) is 11.1. The van der Waals surface area contributed by atoms with Crippen molar-refractivity contribution in [3.8, 4) is 0 Å². The molecule has 0 atom stereocenters. The maximum Gasteiger partial charge on any atom is 0.412 e. The molecule has 19 heavy (non-hydrogen) atoms. The summed E-state index contributed by atoms with van der Waals surface area (Å²) >= 11 is 3.15. The molecule has 0 aliphatic heterocycles. The van der Waals surface area contributed by atoms with E-state index in [4.69, 9.17) is 4.74 Å². The summed E-state index contributed by atoms with van der Waals surface area (Å²) in [6.07, 6.45) is -0.756. The summed E-state index contributed by atoms with van der Waals surface area (Å²) in [5, 5.41) is 2.30. The van der Waals surface area contributed by atoms with Crippen molar-refractivity contribution in [1.29, 1.82) is 0 Å². The Hall–Kier alpha value is -1.43. The number of anilines is 1. The first kappa shape index (κ1) is 15.6. The van der Waals surface area contributed by atoms with Crippen molar-refractivity contribution >= 4 is 33.5 Å². The molecule has 0 aliphatic carbocycles. The van der Waals surface area contributed by atoms with Crippen molar-refractivity contribution in [2.45, 2.75) is 33.3 Å². The number of ether oxygens (including phenoxy) is 1. The van der Waals surface area contributed by atoms with Gasteiger partial charge >= 0.3 is 6.09 Å². The third-order valence-electron chi connectivity index (χ3n) is 2.07. The van der Waals surface area contributed by atoms with Gasteiger partial charge < -0.3 is 4.74 Å². The Labute approximate surface area is 119 Å². The molecule has 1 aromatic rings. The number of hydrogen-bond donors (Lipinski definition) is 1. The van der Waals surface area contributed by atoms with Gasteiger partial charge in [0.25, 0.3) is 0 Å². The second-order valence-electron chi connectivity index (χ2n) is 4.99. The topological polar surface area (TPSA) is 55.4 Å². The minimum absolute atomic E-state index is 0.0499. The van der Waals surface area contributed by atoms with E-state index in [0.717, 1.165) is 6.07 Å². The number of hydrogen-bond acceptors (Lipinski definition) is 3. The van der Waals surface area contributed by atoms with Crippen LogP contribution in [0.2, 0.25) is 0 Å². The molecule has 0 aliphatic rings. The number of rotatable bonds is 2. The van der Waals surface area contributed by atoms with Crippen LogP contribution in [0.25, 0.3) is 0 Å². The molecular formula is C13H15BrFNO3. The Morgan fingerprint density at radius 1 is 1.32 bits per heavy atom. The zero-order chi connectivity index (χ0) is 14.8. The van der Waals surface area contributed by atoms with E-state index < -0.39 is 17.5 Å². The number of benzene rings is 1. The molecule has 6 heteroatoms. The molecule has 0 bridgehead atoms. The van der Waals surface area contributed by atoms with E-state index in [-0.39, 0.29) is 17.0 Å². The summed E-state index contributed by atoms with van der Waals surface area (Å²) in [6.45, 7) is 6.45. The van der Waals surface area contributed by atoms with Crippen LogP contribution in [0.15, 0.2) is 16.6 Å². The van der Waals surface area contributed by atoms with Crippen molar-refractivity contribution in [2.75, 3.05) is 5.32 Å². The van der Waals surface area contributed by atoms with Crippen molar-refractivity contribution in [3.63, 3.8) is 0 Å². The van der Waals surface area contributed by atoms with Gasteiger partial charge in [0, 0.05) is 10.0 Å². The van der Waals surface area contributed by atoms with E-state index in [1.54, 1.807) is 20.8 Å². The van der Waals surface area contributed by atoms with Gasteiger partial charge in [0.1, 0.15) is 11.4 Å². The van der Waals surface area contributed by atoms with Crippen LogP contribution in [-0.2, 0) is 4.74 Å². The van der Waals surface area contributed by atoms with Crippen molar-refractivity contribution < 1.29 is 18.7 Å². The summed E-state index contributed by atoms with van der Waals surface area (Å²) in [5.41, 5.74) is -0.504. The molecule has 0 fully saturated rings. The SMILES string of the molecule is CC(=O)c1cc(F)c(NC(=O)OC(C)(C)C)cc1Br. The van der Waals surface area contributed by atoms with Gasteiger partial charge in [0.05, 0.1) is 5.69 Å². The highest BCUT2D eigenvalue weighted by atomic mass is 79.9. The maximum absolute atomic E-state index is 13.7. The molecule has 0 unspecified atom stereocenters. The fourth-order valence-corrected chi connectivity index (χ4v) is 1.95. The molecule has 1 aromatic carbocycles. The van der Waals surface area contributed by atoms with Crippen LogP contribution < -0.4 is 5.32 Å². The molecule has 4 nitrogen and oxygen atoms in total. The third kappa shape index (κ3) is 4.63. The molecule has 104 valence electrons. The van der Waals surface area contributed by atoms with E-state index >= 15 is 0 Å². The molecule has 0 aromatic heterocycles. The van der Waals surface area contributed by atoms with E-state index in [1.807, 2.05) is 0 Å². The van der Waals surface area contributed by atoms with Crippen LogP contribution in [0, 0.1) is 5.82 Å². The number of Topliss-reactive ketones (excluding diaryl/α,β-unsaturated/α-hetero) is 1. The Balaban J connectivity index is 2.95. The summed E-state index contributed by atoms with van der Waals surface area (Å²) in [6, 6.07) is 2.40. The number of nitrogens with one attached hydrogen (secondary N) is 1. The highest BCUT2D eigenvalue weighted by Crippen LogP contribution is 2.25. The lowest BCUT2D eigenvalue weighted by Gasteiger charge is -2.20. The Morgan fingerprint density at radius 2 is 1.89 bits per heavy atom. The number of amides is 1. The second kappa shape index (κ2) is 5.69. The largest absolute Gasteiger partial charge is 0.444 e. The lowest BCUT2D eigenvalue weighted by molar-refractivity contribution is 0.0635. The van der Waals surface area contributed by atoms with Gasteiger partial charge in [-0.2, -0.15) is 0 Å². The van der Waals surface area contributed by atoms with Gasteiger partial charge in [0.2, 0.25) is 0 Å². The van der Waals surface area contributed by atoms with Crippen LogP contribution in [0.3, 0.4) is 0 Å². The maximum atomic E-state index is 13.7. The minimum atomic E-state index is -0.756.